The zero-order valence-corrected chi connectivity index (χ0v) is 52.4. The van der Waals surface area contributed by atoms with Gasteiger partial charge in [0.25, 0.3) is 0 Å². The molecular formula is C68H137N5O4. The Morgan fingerprint density at radius 2 is 0.662 bits per heavy atom. The van der Waals surface area contributed by atoms with Crippen molar-refractivity contribution >= 4 is 11.8 Å². The summed E-state index contributed by atoms with van der Waals surface area (Å²) in [6.07, 6.45) is 63.0. The third-order valence-electron chi connectivity index (χ3n) is 16.0. The van der Waals surface area contributed by atoms with Crippen LogP contribution in [0.3, 0.4) is 0 Å². The molecule has 0 saturated carbocycles. The highest BCUT2D eigenvalue weighted by Gasteiger charge is 2.15. The normalized spacial score (nSPS) is 12.7. The first kappa shape index (κ1) is 75.5. The molecular weight excluding hydrogens is 951 g/mol. The number of nitrogens with one attached hydrogen (secondary N) is 3. The van der Waals surface area contributed by atoms with Gasteiger partial charge in [-0.15, -0.1) is 0 Å². The van der Waals surface area contributed by atoms with E-state index in [-0.39, 0.29) is 17.9 Å². The maximum absolute atomic E-state index is 12.6. The predicted molar refractivity (Wildman–Crippen MR) is 337 cm³/mol. The number of nitrogens with zero attached hydrogens (tertiary/aromatic N) is 2. The fraction of sp³-hybridized carbons (Fsp3) is 0.941. The summed E-state index contributed by atoms with van der Waals surface area (Å²) in [5.74, 6) is 0.259. The van der Waals surface area contributed by atoms with Gasteiger partial charge in [-0.3, -0.25) is 9.59 Å². The number of aliphatic hydroxyl groups excluding tert-OH is 2. The molecule has 2 amide bonds. The van der Waals surface area contributed by atoms with Crippen LogP contribution in [0.25, 0.3) is 0 Å². The summed E-state index contributed by atoms with van der Waals surface area (Å²) in [6.45, 7) is 17.1. The topological polar surface area (TPSA) is 117 Å². The zero-order valence-electron chi connectivity index (χ0n) is 52.4. The lowest BCUT2D eigenvalue weighted by Crippen LogP contribution is -2.40. The Morgan fingerprint density at radius 1 is 0.351 bits per heavy atom. The first-order chi connectivity index (χ1) is 37.9. The van der Waals surface area contributed by atoms with E-state index in [1.54, 1.807) is 0 Å². The number of hydrogen-bond donors (Lipinski definition) is 5. The van der Waals surface area contributed by atoms with Crippen LogP contribution in [0.15, 0.2) is 12.2 Å². The third kappa shape index (κ3) is 60.4. The van der Waals surface area contributed by atoms with E-state index in [1.165, 1.54) is 250 Å². The van der Waals surface area contributed by atoms with Crippen molar-refractivity contribution in [3.63, 3.8) is 0 Å². The van der Waals surface area contributed by atoms with E-state index in [1.807, 2.05) is 0 Å². The molecule has 2 atom stereocenters. The quantitative estimate of drug-likeness (QED) is 0.0304. The third-order valence-corrected chi connectivity index (χ3v) is 16.0. The maximum atomic E-state index is 12.6. The van der Waals surface area contributed by atoms with Crippen molar-refractivity contribution in [2.24, 2.45) is 0 Å². The Labute approximate surface area is 481 Å². The van der Waals surface area contributed by atoms with Crippen LogP contribution in [-0.2, 0) is 9.59 Å². The summed E-state index contributed by atoms with van der Waals surface area (Å²) >= 11 is 0. The van der Waals surface area contributed by atoms with Crippen LogP contribution in [0.1, 0.15) is 336 Å². The van der Waals surface area contributed by atoms with Crippen molar-refractivity contribution in [3.8, 4) is 0 Å². The van der Waals surface area contributed by atoms with Gasteiger partial charge in [0.2, 0.25) is 11.8 Å². The summed E-state index contributed by atoms with van der Waals surface area (Å²) < 4.78 is 0. The summed E-state index contributed by atoms with van der Waals surface area (Å²) in [4.78, 5) is 30.0. The maximum Gasteiger partial charge on any atom is 0.221 e. The van der Waals surface area contributed by atoms with Gasteiger partial charge in [0.15, 0.2) is 0 Å². The Bertz CT molecular complexity index is 1210. The van der Waals surface area contributed by atoms with Gasteiger partial charge in [-0.05, 0) is 103 Å². The van der Waals surface area contributed by atoms with Crippen molar-refractivity contribution in [3.05, 3.63) is 12.2 Å². The fourth-order valence-corrected chi connectivity index (χ4v) is 10.9. The lowest BCUT2D eigenvalue weighted by molar-refractivity contribution is -0.121. The molecule has 0 fully saturated rings. The molecule has 5 N–H and O–H groups in total. The van der Waals surface area contributed by atoms with E-state index in [4.69, 9.17) is 0 Å². The van der Waals surface area contributed by atoms with Crippen LogP contribution >= 0.6 is 0 Å². The van der Waals surface area contributed by atoms with Crippen molar-refractivity contribution in [1.29, 1.82) is 0 Å². The zero-order chi connectivity index (χ0) is 56.0. The molecule has 9 heteroatoms. The van der Waals surface area contributed by atoms with Crippen molar-refractivity contribution in [2.75, 3.05) is 65.4 Å². The van der Waals surface area contributed by atoms with Crippen LogP contribution in [0.4, 0.5) is 0 Å². The Morgan fingerprint density at radius 3 is 1.06 bits per heavy atom. The van der Waals surface area contributed by atoms with Gasteiger partial charge < -0.3 is 36.0 Å². The van der Waals surface area contributed by atoms with Gasteiger partial charge in [0.05, 0.1) is 12.2 Å². The fourth-order valence-electron chi connectivity index (χ4n) is 10.9. The van der Waals surface area contributed by atoms with Crippen LogP contribution in [0.5, 0.6) is 0 Å². The minimum Gasteiger partial charge on any atom is -0.392 e. The Kier molecular flexibility index (Phi) is 62.4. The number of aliphatic hydroxyl groups is 2. The summed E-state index contributed by atoms with van der Waals surface area (Å²) in [5, 5.41) is 32.1. The number of allylic oxidation sites excluding steroid dienone is 2. The van der Waals surface area contributed by atoms with E-state index in [2.05, 4.69) is 65.6 Å². The highest BCUT2D eigenvalue weighted by atomic mass is 16.3. The number of unbranched alkanes of at least 4 members (excludes halogenated alkanes) is 38. The molecule has 0 spiro atoms. The second-order valence-electron chi connectivity index (χ2n) is 23.9. The van der Waals surface area contributed by atoms with Crippen molar-refractivity contribution < 1.29 is 19.8 Å². The molecule has 0 rings (SSSR count). The summed E-state index contributed by atoms with van der Waals surface area (Å²) in [7, 11) is 0. The number of carbonyl (C=O) groups excluding carboxylic acids is 2. The first-order valence-corrected chi connectivity index (χ1v) is 34.6. The van der Waals surface area contributed by atoms with E-state index >= 15 is 0 Å². The summed E-state index contributed by atoms with van der Waals surface area (Å²) in [6, 6.07) is 0. The van der Waals surface area contributed by atoms with Crippen LogP contribution in [-0.4, -0.2) is 109 Å². The highest BCUT2D eigenvalue weighted by Crippen LogP contribution is 2.16. The average Bonchev–Trinajstić information content (AvgIpc) is 3.42. The van der Waals surface area contributed by atoms with E-state index in [0.29, 0.717) is 39.0 Å². The number of hydrogen-bond acceptors (Lipinski definition) is 7. The largest absolute Gasteiger partial charge is 0.392 e. The Balaban J connectivity index is 4.96. The molecule has 77 heavy (non-hydrogen) atoms. The second-order valence-corrected chi connectivity index (χ2v) is 23.9. The number of amides is 2. The average molecular weight is 1090 g/mol. The molecule has 0 aliphatic heterocycles. The monoisotopic (exact) mass is 1090 g/mol. The molecule has 0 aliphatic carbocycles. The van der Waals surface area contributed by atoms with Gasteiger partial charge in [0, 0.05) is 52.1 Å². The molecule has 0 saturated heterocycles. The van der Waals surface area contributed by atoms with E-state index < -0.39 is 6.10 Å². The van der Waals surface area contributed by atoms with Gasteiger partial charge in [-0.1, -0.05) is 258 Å². The van der Waals surface area contributed by atoms with Gasteiger partial charge in [0.1, 0.15) is 0 Å². The smallest absolute Gasteiger partial charge is 0.221 e. The molecule has 0 radical (unpaired) electrons. The highest BCUT2D eigenvalue weighted by molar-refractivity contribution is 5.76. The van der Waals surface area contributed by atoms with Gasteiger partial charge in [-0.2, -0.15) is 0 Å². The molecule has 0 bridgehead atoms. The van der Waals surface area contributed by atoms with Crippen LogP contribution in [0, 0.1) is 0 Å². The number of carbonyl (C=O) groups is 2. The lowest BCUT2D eigenvalue weighted by Gasteiger charge is -2.27. The molecule has 0 aromatic carbocycles. The molecule has 2 unspecified atom stereocenters. The summed E-state index contributed by atoms with van der Waals surface area (Å²) in [5.41, 5.74) is 0. The van der Waals surface area contributed by atoms with E-state index in [0.717, 1.165) is 84.2 Å². The molecule has 0 aromatic heterocycles. The molecule has 0 aromatic rings. The molecule has 0 aliphatic rings. The molecule has 458 valence electrons. The minimum atomic E-state index is -0.468. The van der Waals surface area contributed by atoms with Gasteiger partial charge >= 0.3 is 0 Å². The van der Waals surface area contributed by atoms with Crippen LogP contribution < -0.4 is 16.0 Å². The predicted octanol–water partition coefficient (Wildman–Crippen LogP) is 17.5. The van der Waals surface area contributed by atoms with Crippen LogP contribution in [0.2, 0.25) is 0 Å². The van der Waals surface area contributed by atoms with Gasteiger partial charge in [-0.25, -0.2) is 0 Å². The van der Waals surface area contributed by atoms with E-state index in [9.17, 15) is 19.8 Å². The van der Waals surface area contributed by atoms with Crippen molar-refractivity contribution in [2.45, 2.75) is 348 Å². The number of rotatable bonds is 65. The SMILES string of the molecule is CCCCCC/C=C/CCCCCCCCNC(=O)CCCCC(O)CN(CCCCCCCCCCCCCC)CCCCN(CCCCCCCCCCCCCC)CC(O)CNCCC(=O)NCCCCCCC. The first-order valence-electron chi connectivity index (χ1n) is 34.6. The molecule has 9 nitrogen and oxygen atoms in total. The minimum absolute atomic E-state index is 0.0974. The molecule has 0 heterocycles. The lowest BCUT2D eigenvalue weighted by atomic mass is 10.0. The van der Waals surface area contributed by atoms with Crippen molar-refractivity contribution in [1.82, 2.24) is 25.8 Å². The Hall–Kier alpha value is -1.52. The second kappa shape index (κ2) is 63.7. The standard InChI is InChI=1S/C68H137N5O4/c1-5-9-13-17-20-23-26-29-30-31-34-37-41-47-55-70-67(76)53-45-44-52-65(74)63-72(58-48-42-38-35-32-27-24-21-18-14-10-6-2)60-50-51-61-73(59-49-43-39-36-33-28-25-22-19-15-11-7-3)64-66(75)62-69-57-54-68(77)71-56-46-40-16-12-8-4/h23,26,65-66,69,74-75H,5-22,24-25,27-64H2,1-4H3,(H,70,76)(H,71,77)/b26-23+.